The maximum atomic E-state index is 11.2. The van der Waals surface area contributed by atoms with Crippen LogP contribution in [0.5, 0.6) is 5.75 Å². The van der Waals surface area contributed by atoms with Crippen LogP contribution in [0.15, 0.2) is 18.2 Å². The van der Waals surface area contributed by atoms with Gasteiger partial charge in [-0.1, -0.05) is 12.1 Å². The molecule has 0 spiro atoms. The first-order chi connectivity index (χ1) is 10.1. The van der Waals surface area contributed by atoms with Gasteiger partial charge in [0.15, 0.2) is 0 Å². The van der Waals surface area contributed by atoms with Crippen molar-refractivity contribution < 1.29 is 14.6 Å². The largest absolute Gasteiger partial charge is 0.490 e. The fraction of sp³-hybridized carbons (Fsp3) is 0.611. The SMILES string of the molecule is Cc1cccc(OC2CCCC2)c1C(CC(=O)O)C1CC1. The Morgan fingerprint density at radius 2 is 2.00 bits per heavy atom. The number of carboxylic acid groups (broad SMARTS) is 1. The van der Waals surface area contributed by atoms with Crippen LogP contribution in [0.1, 0.15) is 62.0 Å². The summed E-state index contributed by atoms with van der Waals surface area (Å²) in [5.41, 5.74) is 2.32. The Bertz CT molecular complexity index is 513. The Labute approximate surface area is 126 Å². The van der Waals surface area contributed by atoms with Crippen LogP contribution in [-0.2, 0) is 4.79 Å². The van der Waals surface area contributed by atoms with Gasteiger partial charge in [-0.2, -0.15) is 0 Å². The van der Waals surface area contributed by atoms with Crippen LogP contribution in [0.2, 0.25) is 0 Å². The van der Waals surface area contributed by atoms with Gasteiger partial charge >= 0.3 is 5.97 Å². The molecule has 21 heavy (non-hydrogen) atoms. The Morgan fingerprint density at radius 3 is 2.62 bits per heavy atom. The topological polar surface area (TPSA) is 46.5 Å². The van der Waals surface area contributed by atoms with E-state index in [1.807, 2.05) is 12.1 Å². The van der Waals surface area contributed by atoms with Crippen LogP contribution in [0.3, 0.4) is 0 Å². The summed E-state index contributed by atoms with van der Waals surface area (Å²) in [4.78, 5) is 11.2. The molecule has 0 radical (unpaired) electrons. The molecule has 0 amide bonds. The van der Waals surface area contributed by atoms with Crippen molar-refractivity contribution in [1.29, 1.82) is 0 Å². The van der Waals surface area contributed by atoms with Gasteiger partial charge in [0, 0.05) is 11.5 Å². The summed E-state index contributed by atoms with van der Waals surface area (Å²) in [5, 5.41) is 9.25. The Hall–Kier alpha value is -1.51. The van der Waals surface area contributed by atoms with Gasteiger partial charge in [-0.25, -0.2) is 0 Å². The molecule has 114 valence electrons. The van der Waals surface area contributed by atoms with E-state index in [9.17, 15) is 9.90 Å². The van der Waals surface area contributed by atoms with Gasteiger partial charge in [0.05, 0.1) is 12.5 Å². The highest BCUT2D eigenvalue weighted by Crippen LogP contribution is 2.48. The van der Waals surface area contributed by atoms with E-state index >= 15 is 0 Å². The van der Waals surface area contributed by atoms with E-state index in [0.29, 0.717) is 12.0 Å². The number of ether oxygens (including phenoxy) is 1. The van der Waals surface area contributed by atoms with Crippen molar-refractivity contribution in [2.24, 2.45) is 5.92 Å². The van der Waals surface area contributed by atoms with Crippen LogP contribution in [0, 0.1) is 12.8 Å². The summed E-state index contributed by atoms with van der Waals surface area (Å²) in [6.45, 7) is 2.08. The molecule has 0 aliphatic heterocycles. The van der Waals surface area contributed by atoms with Crippen molar-refractivity contribution in [2.45, 2.75) is 63.9 Å². The predicted octanol–water partition coefficient (Wildman–Crippen LogP) is 4.28. The second-order valence-corrected chi connectivity index (χ2v) is 6.55. The molecule has 2 aliphatic rings. The van der Waals surface area contributed by atoms with Crippen LogP contribution < -0.4 is 4.74 Å². The molecule has 2 saturated carbocycles. The van der Waals surface area contributed by atoms with Crippen LogP contribution in [-0.4, -0.2) is 17.2 Å². The van der Waals surface area contributed by atoms with Crippen molar-refractivity contribution in [2.75, 3.05) is 0 Å². The number of rotatable bonds is 6. The molecule has 2 fully saturated rings. The summed E-state index contributed by atoms with van der Waals surface area (Å²) in [6.07, 6.45) is 7.57. The zero-order chi connectivity index (χ0) is 14.8. The molecule has 1 aromatic rings. The molecule has 3 heteroatoms. The normalized spacial score (nSPS) is 20.4. The number of carbonyl (C=O) groups is 1. The third kappa shape index (κ3) is 3.39. The lowest BCUT2D eigenvalue weighted by atomic mass is 9.87. The third-order valence-corrected chi connectivity index (χ3v) is 4.84. The van der Waals surface area contributed by atoms with Gasteiger partial charge in [0.25, 0.3) is 0 Å². The molecular formula is C18H24O3. The molecule has 3 rings (SSSR count). The molecule has 0 saturated heterocycles. The van der Waals surface area contributed by atoms with Crippen LogP contribution in [0.25, 0.3) is 0 Å². The van der Waals surface area contributed by atoms with E-state index in [1.54, 1.807) is 0 Å². The molecule has 0 bridgehead atoms. The number of aryl methyl sites for hydroxylation is 1. The van der Waals surface area contributed by atoms with Gasteiger partial charge in [-0.05, 0) is 63.0 Å². The molecule has 0 heterocycles. The van der Waals surface area contributed by atoms with Gasteiger partial charge in [0.1, 0.15) is 5.75 Å². The highest BCUT2D eigenvalue weighted by Gasteiger charge is 2.36. The minimum Gasteiger partial charge on any atom is -0.490 e. The van der Waals surface area contributed by atoms with E-state index in [0.717, 1.165) is 37.0 Å². The minimum atomic E-state index is -0.707. The lowest BCUT2D eigenvalue weighted by molar-refractivity contribution is -0.137. The first-order valence-electron chi connectivity index (χ1n) is 8.13. The van der Waals surface area contributed by atoms with Gasteiger partial charge < -0.3 is 9.84 Å². The highest BCUT2D eigenvalue weighted by molar-refractivity contribution is 5.68. The quantitative estimate of drug-likeness (QED) is 0.849. The molecular weight excluding hydrogens is 264 g/mol. The summed E-state index contributed by atoms with van der Waals surface area (Å²) in [6, 6.07) is 6.12. The van der Waals surface area contributed by atoms with E-state index in [4.69, 9.17) is 4.74 Å². The molecule has 1 unspecified atom stereocenters. The summed E-state index contributed by atoms with van der Waals surface area (Å²) in [5.74, 6) is 0.857. The lowest BCUT2D eigenvalue weighted by Crippen LogP contribution is -2.16. The van der Waals surface area contributed by atoms with E-state index in [1.165, 1.54) is 18.4 Å². The number of aliphatic carboxylic acids is 1. The molecule has 1 aromatic carbocycles. The number of hydrogen-bond acceptors (Lipinski definition) is 2. The monoisotopic (exact) mass is 288 g/mol. The zero-order valence-corrected chi connectivity index (χ0v) is 12.7. The smallest absolute Gasteiger partial charge is 0.303 e. The fourth-order valence-corrected chi connectivity index (χ4v) is 3.61. The van der Waals surface area contributed by atoms with Crippen LogP contribution >= 0.6 is 0 Å². The van der Waals surface area contributed by atoms with Crippen molar-refractivity contribution in [3.8, 4) is 5.75 Å². The van der Waals surface area contributed by atoms with Crippen molar-refractivity contribution in [3.05, 3.63) is 29.3 Å². The maximum absolute atomic E-state index is 11.2. The molecule has 1 N–H and O–H groups in total. The van der Waals surface area contributed by atoms with E-state index in [-0.39, 0.29) is 12.3 Å². The third-order valence-electron chi connectivity index (χ3n) is 4.84. The average Bonchev–Trinajstić information content (AvgIpc) is 3.15. The molecule has 3 nitrogen and oxygen atoms in total. The fourth-order valence-electron chi connectivity index (χ4n) is 3.61. The number of carboxylic acids is 1. The van der Waals surface area contributed by atoms with Crippen molar-refractivity contribution >= 4 is 5.97 Å². The van der Waals surface area contributed by atoms with Crippen LogP contribution in [0.4, 0.5) is 0 Å². The summed E-state index contributed by atoms with van der Waals surface area (Å²) >= 11 is 0. The molecule has 2 aliphatic carbocycles. The average molecular weight is 288 g/mol. The molecule has 0 aromatic heterocycles. The zero-order valence-electron chi connectivity index (χ0n) is 12.7. The lowest BCUT2D eigenvalue weighted by Gasteiger charge is -2.23. The number of hydrogen-bond donors (Lipinski definition) is 1. The second-order valence-electron chi connectivity index (χ2n) is 6.55. The minimum absolute atomic E-state index is 0.111. The van der Waals surface area contributed by atoms with Gasteiger partial charge in [-0.15, -0.1) is 0 Å². The molecule has 1 atom stereocenters. The Morgan fingerprint density at radius 1 is 1.29 bits per heavy atom. The standard InChI is InChI=1S/C18H24O3/c1-12-5-4-8-16(21-14-6-2-3-7-14)18(12)15(11-17(19)20)13-9-10-13/h4-5,8,13-15H,2-3,6-7,9-11H2,1H3,(H,19,20). The summed E-state index contributed by atoms with van der Waals surface area (Å²) < 4.78 is 6.23. The van der Waals surface area contributed by atoms with Gasteiger partial charge in [0.2, 0.25) is 0 Å². The maximum Gasteiger partial charge on any atom is 0.303 e. The van der Waals surface area contributed by atoms with E-state index < -0.39 is 5.97 Å². The van der Waals surface area contributed by atoms with Crippen molar-refractivity contribution in [1.82, 2.24) is 0 Å². The Balaban J connectivity index is 1.88. The number of benzene rings is 1. The first-order valence-corrected chi connectivity index (χ1v) is 8.13. The first kappa shape index (κ1) is 14.4. The highest BCUT2D eigenvalue weighted by atomic mass is 16.5. The Kier molecular flexibility index (Phi) is 4.18. The van der Waals surface area contributed by atoms with Gasteiger partial charge in [-0.3, -0.25) is 4.79 Å². The summed E-state index contributed by atoms with van der Waals surface area (Å²) in [7, 11) is 0. The predicted molar refractivity (Wildman–Crippen MR) is 81.8 cm³/mol. The van der Waals surface area contributed by atoms with Crippen molar-refractivity contribution in [3.63, 3.8) is 0 Å². The second kappa shape index (κ2) is 6.08. The van der Waals surface area contributed by atoms with E-state index in [2.05, 4.69) is 13.0 Å².